The second-order valence-electron chi connectivity index (χ2n) is 6.07. The van der Waals surface area contributed by atoms with Crippen LogP contribution >= 0.6 is 0 Å². The minimum absolute atomic E-state index is 0.0576. The molecule has 2 rings (SSSR count). The monoisotopic (exact) mass is 382 g/mol. The summed E-state index contributed by atoms with van der Waals surface area (Å²) in [6, 6.07) is 12.9. The second kappa shape index (κ2) is 10.1. The molecule has 0 saturated heterocycles. The lowest BCUT2D eigenvalue weighted by atomic mass is 10.1. The van der Waals surface area contributed by atoms with Gasteiger partial charge in [-0.05, 0) is 49.8 Å². The molecule has 0 aliphatic carbocycles. The zero-order valence-corrected chi connectivity index (χ0v) is 16.6. The van der Waals surface area contributed by atoms with Gasteiger partial charge >= 0.3 is 0 Å². The molecule has 6 nitrogen and oxygen atoms in total. The van der Waals surface area contributed by atoms with E-state index in [1.165, 1.54) is 6.92 Å². The van der Waals surface area contributed by atoms with Crippen molar-refractivity contribution in [2.24, 2.45) is 0 Å². The molecule has 0 atom stereocenters. The minimum Gasteiger partial charge on any atom is -0.510 e. The number of aliphatic hydroxyl groups excluding tert-OH is 1. The Morgan fingerprint density at radius 2 is 1.75 bits per heavy atom. The van der Waals surface area contributed by atoms with Crippen LogP contribution in [0.25, 0.3) is 0 Å². The number of benzene rings is 2. The third-order valence-corrected chi connectivity index (χ3v) is 4.07. The normalized spacial score (nSPS) is 11.7. The summed E-state index contributed by atoms with van der Waals surface area (Å²) in [5.41, 5.74) is 2.82. The average Bonchev–Trinajstić information content (AvgIpc) is 2.71. The molecule has 148 valence electrons. The summed E-state index contributed by atoms with van der Waals surface area (Å²) in [7, 11) is 3.20. The number of rotatable bonds is 8. The van der Waals surface area contributed by atoms with Gasteiger partial charge in [0.15, 0.2) is 11.5 Å². The van der Waals surface area contributed by atoms with Gasteiger partial charge in [-0.15, -0.1) is 0 Å². The van der Waals surface area contributed by atoms with Crippen LogP contribution in [0.1, 0.15) is 29.8 Å². The van der Waals surface area contributed by atoms with Gasteiger partial charge in [-0.25, -0.2) is 0 Å². The van der Waals surface area contributed by atoms with Crippen molar-refractivity contribution in [2.45, 2.75) is 20.4 Å². The zero-order valence-electron chi connectivity index (χ0n) is 16.6. The largest absolute Gasteiger partial charge is 0.510 e. The van der Waals surface area contributed by atoms with Crippen LogP contribution in [0.15, 0.2) is 66.1 Å². The highest BCUT2D eigenvalue weighted by Crippen LogP contribution is 2.29. The van der Waals surface area contributed by atoms with Crippen LogP contribution in [-0.2, 0) is 6.54 Å². The van der Waals surface area contributed by atoms with Gasteiger partial charge in [0.2, 0.25) is 0 Å². The first-order valence-corrected chi connectivity index (χ1v) is 8.87. The average molecular weight is 382 g/mol. The number of ether oxygens (including phenoxy) is 2. The molecule has 0 fully saturated rings. The van der Waals surface area contributed by atoms with E-state index < -0.39 is 0 Å². The number of carbonyl (C=O) groups is 1. The molecular formula is C22H26N2O4. The van der Waals surface area contributed by atoms with Crippen molar-refractivity contribution in [2.75, 3.05) is 19.5 Å². The van der Waals surface area contributed by atoms with E-state index in [4.69, 9.17) is 9.47 Å². The molecule has 2 aromatic rings. The van der Waals surface area contributed by atoms with Crippen LogP contribution in [0.2, 0.25) is 0 Å². The minimum atomic E-state index is -0.277. The predicted octanol–water partition coefficient (Wildman–Crippen LogP) is 4.41. The number of amides is 1. The number of nitrogens with one attached hydrogen (secondary N) is 2. The summed E-state index contributed by atoms with van der Waals surface area (Å²) in [6.45, 7) is 3.94. The number of anilines is 1. The highest BCUT2D eigenvalue weighted by molar-refractivity contribution is 5.95. The van der Waals surface area contributed by atoms with Gasteiger partial charge in [-0.2, -0.15) is 0 Å². The van der Waals surface area contributed by atoms with E-state index in [0.29, 0.717) is 29.3 Å². The van der Waals surface area contributed by atoms with E-state index in [9.17, 15) is 9.90 Å². The van der Waals surface area contributed by atoms with Gasteiger partial charge in [-0.3, -0.25) is 4.79 Å². The number of allylic oxidation sites excluding steroid dienone is 3. The third-order valence-electron chi connectivity index (χ3n) is 4.07. The Hall–Kier alpha value is -3.41. The van der Waals surface area contributed by atoms with Crippen LogP contribution in [0.5, 0.6) is 11.5 Å². The van der Waals surface area contributed by atoms with Crippen LogP contribution in [0, 0.1) is 0 Å². The third kappa shape index (κ3) is 5.54. The molecule has 0 saturated carbocycles. The van der Waals surface area contributed by atoms with Crippen molar-refractivity contribution in [3.05, 3.63) is 77.2 Å². The molecule has 3 N–H and O–H groups in total. The standard InChI is InChI=1S/C22H26N2O4/c1-5-6-19(15(2)25)24-22(26)17-9-7-16(8-10-17)14-23-18-11-12-20(27-3)21(13-18)28-4/h5-13,23,25H,14H2,1-4H3,(H,24,26)/b6-5-,19-15-. The molecular weight excluding hydrogens is 356 g/mol. The van der Waals surface area contributed by atoms with E-state index >= 15 is 0 Å². The maximum Gasteiger partial charge on any atom is 0.255 e. The molecule has 0 unspecified atom stereocenters. The summed E-state index contributed by atoms with van der Waals surface area (Å²) < 4.78 is 10.5. The lowest BCUT2D eigenvalue weighted by Crippen LogP contribution is -2.23. The number of hydrogen-bond acceptors (Lipinski definition) is 5. The Morgan fingerprint density at radius 3 is 2.32 bits per heavy atom. The topological polar surface area (TPSA) is 79.8 Å². The SMILES string of the molecule is C/C=C\C(NC(=O)c1ccc(CNc2ccc(OC)c(OC)c2)cc1)=C(/C)O. The number of aliphatic hydroxyl groups is 1. The van der Waals surface area contributed by atoms with Crippen LogP contribution in [0.3, 0.4) is 0 Å². The van der Waals surface area contributed by atoms with Gasteiger partial charge in [-0.1, -0.05) is 18.2 Å². The first-order chi connectivity index (χ1) is 13.5. The van der Waals surface area contributed by atoms with Crippen molar-refractivity contribution < 1.29 is 19.4 Å². The quantitative estimate of drug-likeness (QED) is 0.465. The van der Waals surface area contributed by atoms with Crippen molar-refractivity contribution >= 4 is 11.6 Å². The second-order valence-corrected chi connectivity index (χ2v) is 6.07. The number of methoxy groups -OCH3 is 2. The van der Waals surface area contributed by atoms with E-state index in [1.807, 2.05) is 37.3 Å². The summed E-state index contributed by atoms with van der Waals surface area (Å²) >= 11 is 0. The fourth-order valence-corrected chi connectivity index (χ4v) is 2.54. The lowest BCUT2D eigenvalue weighted by Gasteiger charge is -2.12. The van der Waals surface area contributed by atoms with Gasteiger partial charge in [0, 0.05) is 23.9 Å². The smallest absolute Gasteiger partial charge is 0.255 e. The van der Waals surface area contributed by atoms with Gasteiger partial charge in [0.1, 0.15) is 5.76 Å². The molecule has 0 aliphatic rings. The summed E-state index contributed by atoms with van der Waals surface area (Å²) in [6.07, 6.45) is 3.40. The predicted molar refractivity (Wildman–Crippen MR) is 111 cm³/mol. The van der Waals surface area contributed by atoms with E-state index in [0.717, 1.165) is 11.3 Å². The van der Waals surface area contributed by atoms with E-state index in [-0.39, 0.29) is 11.7 Å². The zero-order chi connectivity index (χ0) is 20.5. The molecule has 0 spiro atoms. The van der Waals surface area contributed by atoms with Crippen LogP contribution in [0.4, 0.5) is 5.69 Å². The molecule has 0 aliphatic heterocycles. The highest BCUT2D eigenvalue weighted by Gasteiger charge is 2.09. The molecule has 1 amide bonds. The molecule has 6 heteroatoms. The first kappa shape index (κ1) is 20.9. The Labute approximate surface area is 165 Å². The molecule has 0 aromatic heterocycles. The van der Waals surface area contributed by atoms with Gasteiger partial charge in [0.05, 0.1) is 19.9 Å². The van der Waals surface area contributed by atoms with Crippen molar-refractivity contribution in [3.8, 4) is 11.5 Å². The number of carbonyl (C=O) groups excluding carboxylic acids is 1. The summed E-state index contributed by atoms with van der Waals surface area (Å²) in [4.78, 5) is 12.3. The van der Waals surface area contributed by atoms with E-state index in [2.05, 4.69) is 10.6 Å². The summed E-state index contributed by atoms with van der Waals surface area (Å²) in [5.74, 6) is 1.11. The molecule has 0 radical (unpaired) electrons. The highest BCUT2D eigenvalue weighted by atomic mass is 16.5. The Balaban J connectivity index is 2.01. The summed E-state index contributed by atoms with van der Waals surface area (Å²) in [5, 5.41) is 15.6. The van der Waals surface area contributed by atoms with Crippen molar-refractivity contribution in [1.82, 2.24) is 5.32 Å². The van der Waals surface area contributed by atoms with Gasteiger partial charge in [0.25, 0.3) is 5.91 Å². The lowest BCUT2D eigenvalue weighted by molar-refractivity contribution is 0.0965. The van der Waals surface area contributed by atoms with E-state index in [1.54, 1.807) is 38.5 Å². The van der Waals surface area contributed by atoms with Gasteiger partial charge < -0.3 is 25.2 Å². The van der Waals surface area contributed by atoms with Crippen LogP contribution < -0.4 is 20.1 Å². The molecule has 2 aromatic carbocycles. The van der Waals surface area contributed by atoms with Crippen molar-refractivity contribution in [1.29, 1.82) is 0 Å². The van der Waals surface area contributed by atoms with Crippen LogP contribution in [-0.4, -0.2) is 25.2 Å². The molecule has 28 heavy (non-hydrogen) atoms. The Morgan fingerprint density at radius 1 is 1.07 bits per heavy atom. The Kier molecular flexibility index (Phi) is 7.51. The van der Waals surface area contributed by atoms with Crippen molar-refractivity contribution in [3.63, 3.8) is 0 Å². The first-order valence-electron chi connectivity index (χ1n) is 8.87. The number of hydrogen-bond donors (Lipinski definition) is 3. The maximum absolute atomic E-state index is 12.3. The Bertz CT molecular complexity index is 867. The fourth-order valence-electron chi connectivity index (χ4n) is 2.54. The fraction of sp³-hybridized carbons (Fsp3) is 0.227. The molecule has 0 heterocycles. The molecule has 0 bridgehead atoms. The maximum atomic E-state index is 12.3.